The highest BCUT2D eigenvalue weighted by atomic mass is 35.5. The Morgan fingerprint density at radius 3 is 2.60 bits per heavy atom. The van der Waals surface area contributed by atoms with Gasteiger partial charge in [-0.3, -0.25) is 0 Å². The van der Waals surface area contributed by atoms with E-state index in [0.29, 0.717) is 16.8 Å². The zero-order valence-corrected chi connectivity index (χ0v) is 10.4. The number of halogens is 2. The fourth-order valence-electron chi connectivity index (χ4n) is 1.29. The van der Waals surface area contributed by atoms with Crippen molar-refractivity contribution in [2.24, 2.45) is 5.92 Å². The summed E-state index contributed by atoms with van der Waals surface area (Å²) < 4.78 is 0. The maximum Gasteiger partial charge on any atom is 0.224 e. The molecule has 0 fully saturated rings. The Morgan fingerprint density at radius 2 is 2.00 bits per heavy atom. The van der Waals surface area contributed by atoms with Crippen LogP contribution in [0.4, 0.5) is 5.82 Å². The molecule has 0 spiro atoms. The van der Waals surface area contributed by atoms with Crippen molar-refractivity contribution in [1.82, 2.24) is 9.97 Å². The van der Waals surface area contributed by atoms with E-state index in [4.69, 9.17) is 23.2 Å². The van der Waals surface area contributed by atoms with Crippen LogP contribution < -0.4 is 5.32 Å². The predicted molar refractivity (Wildman–Crippen MR) is 64.6 cm³/mol. The molecule has 3 nitrogen and oxygen atoms in total. The maximum atomic E-state index is 5.92. The van der Waals surface area contributed by atoms with E-state index >= 15 is 0 Å². The highest BCUT2D eigenvalue weighted by molar-refractivity contribution is 6.33. The molecule has 0 radical (unpaired) electrons. The molecule has 0 bridgehead atoms. The van der Waals surface area contributed by atoms with Gasteiger partial charge >= 0.3 is 0 Å². The normalized spacial score (nSPS) is 10.7. The van der Waals surface area contributed by atoms with Crippen LogP contribution >= 0.6 is 23.2 Å². The molecule has 1 N–H and O–H groups in total. The van der Waals surface area contributed by atoms with Crippen LogP contribution in [0.5, 0.6) is 0 Å². The van der Waals surface area contributed by atoms with Crippen LogP contribution in [-0.4, -0.2) is 16.5 Å². The van der Waals surface area contributed by atoms with Crippen LogP contribution in [0.1, 0.15) is 26.7 Å². The second-order valence-corrected chi connectivity index (χ2v) is 4.14. The number of nitrogens with zero attached hydrogens (tertiary/aromatic N) is 2. The van der Waals surface area contributed by atoms with Crippen molar-refractivity contribution in [1.29, 1.82) is 0 Å². The van der Waals surface area contributed by atoms with Crippen LogP contribution in [0.2, 0.25) is 10.3 Å². The lowest BCUT2D eigenvalue weighted by Gasteiger charge is -2.14. The first-order valence-electron chi connectivity index (χ1n) is 5.09. The second kappa shape index (κ2) is 6.13. The van der Waals surface area contributed by atoms with Gasteiger partial charge in [-0.25, -0.2) is 4.98 Å². The molecule has 0 aliphatic rings. The van der Waals surface area contributed by atoms with Crippen molar-refractivity contribution < 1.29 is 0 Å². The van der Waals surface area contributed by atoms with Gasteiger partial charge in [-0.1, -0.05) is 38.3 Å². The van der Waals surface area contributed by atoms with Gasteiger partial charge < -0.3 is 5.32 Å². The van der Waals surface area contributed by atoms with Crippen molar-refractivity contribution in [2.75, 3.05) is 11.9 Å². The Labute approximate surface area is 100 Å². The smallest absolute Gasteiger partial charge is 0.224 e. The van der Waals surface area contributed by atoms with Crippen LogP contribution in [0.15, 0.2) is 6.20 Å². The van der Waals surface area contributed by atoms with Crippen molar-refractivity contribution in [2.45, 2.75) is 26.7 Å². The van der Waals surface area contributed by atoms with Gasteiger partial charge in [0.25, 0.3) is 0 Å². The van der Waals surface area contributed by atoms with Crippen LogP contribution in [0.25, 0.3) is 0 Å². The zero-order chi connectivity index (χ0) is 11.3. The molecule has 84 valence electrons. The third-order valence-electron chi connectivity index (χ3n) is 2.43. The highest BCUT2D eigenvalue weighted by Crippen LogP contribution is 2.20. The average molecular weight is 248 g/mol. The summed E-state index contributed by atoms with van der Waals surface area (Å²) in [4.78, 5) is 7.81. The summed E-state index contributed by atoms with van der Waals surface area (Å²) in [6.07, 6.45) is 3.78. The van der Waals surface area contributed by atoms with Crippen LogP contribution in [0, 0.1) is 5.92 Å². The molecule has 0 amide bonds. The van der Waals surface area contributed by atoms with Gasteiger partial charge in [-0.15, -0.1) is 0 Å². The van der Waals surface area contributed by atoms with Gasteiger partial charge in [0.1, 0.15) is 10.8 Å². The monoisotopic (exact) mass is 247 g/mol. The van der Waals surface area contributed by atoms with E-state index in [1.165, 1.54) is 6.20 Å². The summed E-state index contributed by atoms with van der Waals surface area (Å²) >= 11 is 11.6. The number of rotatable bonds is 5. The third kappa shape index (κ3) is 3.84. The number of nitrogens with one attached hydrogen (secondary N) is 1. The molecule has 0 saturated heterocycles. The van der Waals surface area contributed by atoms with E-state index in [2.05, 4.69) is 29.1 Å². The number of anilines is 1. The summed E-state index contributed by atoms with van der Waals surface area (Å²) in [7, 11) is 0. The molecule has 0 aromatic carbocycles. The van der Waals surface area contributed by atoms with E-state index in [9.17, 15) is 0 Å². The molecule has 0 atom stereocenters. The fourth-order valence-corrected chi connectivity index (χ4v) is 1.58. The van der Waals surface area contributed by atoms with Gasteiger partial charge in [0.05, 0.1) is 6.20 Å². The lowest BCUT2D eigenvalue weighted by atomic mass is 10.0. The topological polar surface area (TPSA) is 37.8 Å². The Balaban J connectivity index is 2.60. The number of hydrogen-bond acceptors (Lipinski definition) is 3. The number of aromatic nitrogens is 2. The summed E-state index contributed by atoms with van der Waals surface area (Å²) in [6.45, 7) is 5.20. The SMILES string of the molecule is CCC(CC)CNc1nc(Cl)ncc1Cl. The summed E-state index contributed by atoms with van der Waals surface area (Å²) in [6, 6.07) is 0. The van der Waals surface area contributed by atoms with Gasteiger partial charge in [-0.05, 0) is 17.5 Å². The van der Waals surface area contributed by atoms with Gasteiger partial charge in [0.2, 0.25) is 5.28 Å². The highest BCUT2D eigenvalue weighted by Gasteiger charge is 2.07. The lowest BCUT2D eigenvalue weighted by molar-refractivity contribution is 0.518. The zero-order valence-electron chi connectivity index (χ0n) is 8.93. The third-order valence-corrected chi connectivity index (χ3v) is 2.89. The first kappa shape index (κ1) is 12.5. The Morgan fingerprint density at radius 1 is 1.33 bits per heavy atom. The summed E-state index contributed by atoms with van der Waals surface area (Å²) in [5.41, 5.74) is 0. The molecule has 0 saturated carbocycles. The quantitative estimate of drug-likeness (QED) is 0.808. The van der Waals surface area contributed by atoms with Crippen molar-refractivity contribution in [3.05, 3.63) is 16.5 Å². The minimum Gasteiger partial charge on any atom is -0.368 e. The Hall–Kier alpha value is -0.540. The molecule has 1 heterocycles. The van der Waals surface area contributed by atoms with Crippen molar-refractivity contribution >= 4 is 29.0 Å². The van der Waals surface area contributed by atoms with E-state index in [0.717, 1.165) is 19.4 Å². The standard InChI is InChI=1S/C10H15Cl2N3/c1-3-7(4-2)5-13-9-8(11)6-14-10(12)15-9/h6-7H,3-5H2,1-2H3,(H,13,14,15). The fraction of sp³-hybridized carbons (Fsp3) is 0.600. The van der Waals surface area contributed by atoms with Crippen LogP contribution in [-0.2, 0) is 0 Å². The van der Waals surface area contributed by atoms with E-state index in [1.807, 2.05) is 0 Å². The van der Waals surface area contributed by atoms with Crippen molar-refractivity contribution in [3.63, 3.8) is 0 Å². The van der Waals surface area contributed by atoms with Crippen LogP contribution in [0.3, 0.4) is 0 Å². The Bertz CT molecular complexity index is 314. The molecule has 15 heavy (non-hydrogen) atoms. The molecule has 5 heteroatoms. The molecule has 1 aromatic rings. The maximum absolute atomic E-state index is 5.92. The molecule has 0 aliphatic carbocycles. The average Bonchev–Trinajstić information content (AvgIpc) is 2.24. The Kier molecular flexibility index (Phi) is 5.12. The van der Waals surface area contributed by atoms with E-state index in [-0.39, 0.29) is 5.28 Å². The first-order chi connectivity index (χ1) is 7.17. The number of hydrogen-bond donors (Lipinski definition) is 1. The largest absolute Gasteiger partial charge is 0.368 e. The van der Waals surface area contributed by atoms with E-state index < -0.39 is 0 Å². The minimum absolute atomic E-state index is 0.214. The summed E-state index contributed by atoms with van der Waals surface area (Å²) in [5, 5.41) is 3.91. The lowest BCUT2D eigenvalue weighted by Crippen LogP contribution is -2.14. The predicted octanol–water partition coefficient (Wildman–Crippen LogP) is 3.63. The molecule has 0 aliphatic heterocycles. The van der Waals surface area contributed by atoms with Gasteiger partial charge in [0.15, 0.2) is 0 Å². The molecule has 0 unspecified atom stereocenters. The summed E-state index contributed by atoms with van der Waals surface area (Å²) in [5.74, 6) is 1.25. The first-order valence-corrected chi connectivity index (χ1v) is 5.84. The molecule has 1 aromatic heterocycles. The van der Waals surface area contributed by atoms with E-state index in [1.54, 1.807) is 0 Å². The molecular formula is C10H15Cl2N3. The van der Waals surface area contributed by atoms with Crippen molar-refractivity contribution in [3.8, 4) is 0 Å². The van der Waals surface area contributed by atoms with Gasteiger partial charge in [-0.2, -0.15) is 4.98 Å². The van der Waals surface area contributed by atoms with Gasteiger partial charge in [0, 0.05) is 6.54 Å². The molecular weight excluding hydrogens is 233 g/mol. The minimum atomic E-state index is 0.214. The second-order valence-electron chi connectivity index (χ2n) is 3.40. The molecule has 1 rings (SSSR count).